The lowest BCUT2D eigenvalue weighted by molar-refractivity contribution is -0.384. The van der Waals surface area contributed by atoms with Crippen molar-refractivity contribution in [3.63, 3.8) is 0 Å². The minimum Gasteiger partial charge on any atom is -0.393 e. The van der Waals surface area contributed by atoms with Gasteiger partial charge >= 0.3 is 5.69 Å². The second-order valence-electron chi connectivity index (χ2n) is 5.25. The summed E-state index contributed by atoms with van der Waals surface area (Å²) in [5.74, 6) is 0.635. The third-order valence-corrected chi connectivity index (χ3v) is 4.06. The van der Waals surface area contributed by atoms with Gasteiger partial charge in [0, 0.05) is 18.2 Å². The van der Waals surface area contributed by atoms with Crippen LogP contribution >= 0.6 is 0 Å². The van der Waals surface area contributed by atoms with Crippen LogP contribution in [-0.4, -0.2) is 33.2 Å². The molecule has 2 unspecified atom stereocenters. The smallest absolute Gasteiger partial charge is 0.311 e. The van der Waals surface area contributed by atoms with Gasteiger partial charge in [-0.1, -0.05) is 0 Å². The molecule has 19 heavy (non-hydrogen) atoms. The predicted octanol–water partition coefficient (Wildman–Crippen LogP) is 1.06. The molecule has 0 aliphatic carbocycles. The highest BCUT2D eigenvalue weighted by molar-refractivity contribution is 5.59. The molecule has 2 aliphatic heterocycles. The molecular weight excluding hydrogens is 248 g/mol. The van der Waals surface area contributed by atoms with E-state index in [-0.39, 0.29) is 29.7 Å². The first-order valence-corrected chi connectivity index (χ1v) is 6.43. The van der Waals surface area contributed by atoms with E-state index in [2.05, 4.69) is 9.88 Å². The normalized spacial score (nSPS) is 29.5. The van der Waals surface area contributed by atoms with E-state index in [9.17, 15) is 15.2 Å². The van der Waals surface area contributed by atoms with Crippen LogP contribution in [0.5, 0.6) is 0 Å². The number of piperidine rings is 1. The Bertz CT molecular complexity index is 508. The zero-order valence-electron chi connectivity index (χ0n) is 10.4. The number of aliphatic hydroxyl groups is 1. The molecule has 3 rings (SSSR count). The summed E-state index contributed by atoms with van der Waals surface area (Å²) in [7, 11) is 0. The topological polar surface area (TPSA) is 106 Å². The van der Waals surface area contributed by atoms with Crippen molar-refractivity contribution in [2.75, 3.05) is 10.6 Å². The Hall–Kier alpha value is -1.89. The molecule has 2 fully saturated rings. The summed E-state index contributed by atoms with van der Waals surface area (Å²) < 4.78 is 0. The van der Waals surface area contributed by atoms with E-state index in [1.54, 1.807) is 6.07 Å². The van der Waals surface area contributed by atoms with Crippen LogP contribution in [0.1, 0.15) is 25.7 Å². The maximum atomic E-state index is 10.7. The summed E-state index contributed by atoms with van der Waals surface area (Å²) >= 11 is 0. The molecule has 2 bridgehead atoms. The fraction of sp³-hybridized carbons (Fsp3) is 0.583. The number of nitrogens with zero attached hydrogens (tertiary/aromatic N) is 3. The van der Waals surface area contributed by atoms with E-state index in [0.29, 0.717) is 5.82 Å². The number of nitrogens with two attached hydrogens (primary N) is 1. The van der Waals surface area contributed by atoms with E-state index < -0.39 is 4.92 Å². The SMILES string of the molecule is Nc1nc(N2C3CCC2CC(O)C3)ccc1[N+](=O)[O-]. The Morgan fingerprint density at radius 1 is 1.37 bits per heavy atom. The van der Waals surface area contributed by atoms with Crippen molar-refractivity contribution in [1.82, 2.24) is 4.98 Å². The fourth-order valence-electron chi connectivity index (χ4n) is 3.28. The molecule has 0 radical (unpaired) electrons. The van der Waals surface area contributed by atoms with Gasteiger partial charge in [0.15, 0.2) is 0 Å². The number of anilines is 2. The quantitative estimate of drug-likeness (QED) is 0.611. The molecule has 7 heteroatoms. The second kappa shape index (κ2) is 4.34. The van der Waals surface area contributed by atoms with E-state index in [0.717, 1.165) is 25.7 Å². The summed E-state index contributed by atoms with van der Waals surface area (Å²) in [5, 5.41) is 20.5. The molecule has 0 spiro atoms. The molecule has 0 aromatic carbocycles. The third kappa shape index (κ3) is 1.99. The summed E-state index contributed by atoms with van der Waals surface area (Å²) in [6.07, 6.45) is 3.27. The van der Waals surface area contributed by atoms with Crippen molar-refractivity contribution < 1.29 is 10.0 Å². The fourth-order valence-corrected chi connectivity index (χ4v) is 3.28. The Morgan fingerprint density at radius 3 is 2.53 bits per heavy atom. The molecule has 0 amide bonds. The van der Waals surface area contributed by atoms with Gasteiger partial charge in [-0.3, -0.25) is 10.1 Å². The van der Waals surface area contributed by atoms with Gasteiger partial charge in [0.2, 0.25) is 5.82 Å². The number of hydrogen-bond donors (Lipinski definition) is 2. The van der Waals surface area contributed by atoms with Gasteiger partial charge in [0.05, 0.1) is 11.0 Å². The largest absolute Gasteiger partial charge is 0.393 e. The molecule has 2 saturated heterocycles. The first kappa shape index (κ1) is 12.2. The average Bonchev–Trinajstić information content (AvgIpc) is 2.61. The van der Waals surface area contributed by atoms with E-state index in [1.807, 2.05) is 0 Å². The van der Waals surface area contributed by atoms with Crippen LogP contribution in [0.15, 0.2) is 12.1 Å². The third-order valence-electron chi connectivity index (χ3n) is 4.06. The minimum absolute atomic E-state index is 0.0481. The number of pyridine rings is 1. The molecule has 2 atom stereocenters. The summed E-state index contributed by atoms with van der Waals surface area (Å²) in [6.45, 7) is 0. The van der Waals surface area contributed by atoms with Crippen LogP contribution in [0.3, 0.4) is 0 Å². The van der Waals surface area contributed by atoms with Crippen molar-refractivity contribution in [2.24, 2.45) is 0 Å². The van der Waals surface area contributed by atoms with Gasteiger partial charge < -0.3 is 15.7 Å². The lowest BCUT2D eigenvalue weighted by Gasteiger charge is -2.38. The van der Waals surface area contributed by atoms with Crippen molar-refractivity contribution in [1.29, 1.82) is 0 Å². The molecule has 1 aromatic rings. The molecule has 2 aliphatic rings. The molecule has 3 heterocycles. The van der Waals surface area contributed by atoms with Gasteiger partial charge in [0.1, 0.15) is 5.82 Å². The highest BCUT2D eigenvalue weighted by Gasteiger charge is 2.41. The number of fused-ring (bicyclic) bond motifs is 2. The van der Waals surface area contributed by atoms with E-state index in [1.165, 1.54) is 6.07 Å². The van der Waals surface area contributed by atoms with Crippen molar-refractivity contribution >= 4 is 17.3 Å². The zero-order chi connectivity index (χ0) is 13.6. The van der Waals surface area contributed by atoms with Gasteiger partial charge in [0.25, 0.3) is 0 Å². The van der Waals surface area contributed by atoms with Gasteiger partial charge in [-0.15, -0.1) is 0 Å². The van der Waals surface area contributed by atoms with Gasteiger partial charge in [-0.2, -0.15) is 0 Å². The number of aliphatic hydroxyl groups excluding tert-OH is 1. The zero-order valence-corrected chi connectivity index (χ0v) is 10.4. The lowest BCUT2D eigenvalue weighted by Crippen LogP contribution is -2.45. The minimum atomic E-state index is -0.527. The van der Waals surface area contributed by atoms with E-state index >= 15 is 0 Å². The predicted molar refractivity (Wildman–Crippen MR) is 69.8 cm³/mol. The Balaban J connectivity index is 1.91. The van der Waals surface area contributed by atoms with Crippen LogP contribution < -0.4 is 10.6 Å². The van der Waals surface area contributed by atoms with Crippen molar-refractivity contribution in [3.8, 4) is 0 Å². The Labute approximate surface area is 110 Å². The standard InChI is InChI=1S/C12H16N4O3/c13-12-10(16(18)19)3-4-11(14-12)15-7-1-2-8(15)6-9(17)5-7/h3-4,7-9,17H,1-2,5-6H2,(H2,13,14). The second-order valence-corrected chi connectivity index (χ2v) is 5.25. The number of nitro groups is 1. The number of rotatable bonds is 2. The number of aromatic nitrogens is 1. The molecular formula is C12H16N4O3. The van der Waals surface area contributed by atoms with E-state index in [4.69, 9.17) is 5.73 Å². The number of hydrogen-bond acceptors (Lipinski definition) is 6. The molecule has 102 valence electrons. The highest BCUT2D eigenvalue weighted by Crippen LogP contribution is 2.39. The van der Waals surface area contributed by atoms with Crippen molar-refractivity contribution in [2.45, 2.75) is 43.9 Å². The van der Waals surface area contributed by atoms with Crippen LogP contribution in [0.25, 0.3) is 0 Å². The van der Waals surface area contributed by atoms with Crippen LogP contribution in [0, 0.1) is 10.1 Å². The summed E-state index contributed by atoms with van der Waals surface area (Å²) in [4.78, 5) is 16.5. The molecule has 3 N–H and O–H groups in total. The maximum absolute atomic E-state index is 10.7. The number of nitrogen functional groups attached to an aromatic ring is 1. The first-order chi connectivity index (χ1) is 9.06. The maximum Gasteiger partial charge on any atom is 0.311 e. The monoisotopic (exact) mass is 264 g/mol. The average molecular weight is 264 g/mol. The Kier molecular flexibility index (Phi) is 2.78. The lowest BCUT2D eigenvalue weighted by atomic mass is 10.00. The first-order valence-electron chi connectivity index (χ1n) is 6.43. The molecule has 0 saturated carbocycles. The highest BCUT2D eigenvalue weighted by atomic mass is 16.6. The van der Waals surface area contributed by atoms with Crippen LogP contribution in [0.2, 0.25) is 0 Å². The van der Waals surface area contributed by atoms with Crippen LogP contribution in [-0.2, 0) is 0 Å². The van der Waals surface area contributed by atoms with Crippen molar-refractivity contribution in [3.05, 3.63) is 22.2 Å². The molecule has 7 nitrogen and oxygen atoms in total. The summed E-state index contributed by atoms with van der Waals surface area (Å²) in [6, 6.07) is 3.59. The molecule has 1 aromatic heterocycles. The Morgan fingerprint density at radius 2 is 2.00 bits per heavy atom. The van der Waals surface area contributed by atoms with Crippen LogP contribution in [0.4, 0.5) is 17.3 Å². The van der Waals surface area contributed by atoms with Gasteiger partial charge in [-0.05, 0) is 31.7 Å². The summed E-state index contributed by atoms with van der Waals surface area (Å²) in [5.41, 5.74) is 5.48. The van der Waals surface area contributed by atoms with Gasteiger partial charge in [-0.25, -0.2) is 4.98 Å².